The molecule has 0 amide bonds. The fourth-order valence-corrected chi connectivity index (χ4v) is 4.25. The Bertz CT molecular complexity index is 697. The van der Waals surface area contributed by atoms with Gasteiger partial charge in [0.2, 0.25) is 0 Å². The first kappa shape index (κ1) is 17.7. The zero-order chi connectivity index (χ0) is 17.0. The third kappa shape index (κ3) is 3.83. The number of nitriles is 1. The molecule has 1 aliphatic heterocycles. The maximum absolute atomic E-state index is 12.7. The van der Waals surface area contributed by atoms with E-state index in [0.29, 0.717) is 25.9 Å². The van der Waals surface area contributed by atoms with Crippen LogP contribution >= 0.6 is 0 Å². The highest BCUT2D eigenvalue weighted by Crippen LogP contribution is 2.23. The molecule has 0 N–H and O–H groups in total. The van der Waals surface area contributed by atoms with Gasteiger partial charge < -0.3 is 4.74 Å². The minimum atomic E-state index is -3.56. The number of hydrogen-bond acceptors (Lipinski definition) is 4. The van der Waals surface area contributed by atoms with Crippen molar-refractivity contribution in [2.45, 2.75) is 32.2 Å². The molecule has 1 aromatic rings. The Labute approximate surface area is 138 Å². The molecule has 1 unspecified atom stereocenters. The highest BCUT2D eigenvalue weighted by atomic mass is 32.2. The van der Waals surface area contributed by atoms with Crippen molar-refractivity contribution < 1.29 is 13.2 Å². The molecule has 0 bridgehead atoms. The molecular formula is C16H23N3O3S. The molecule has 1 heterocycles. The van der Waals surface area contributed by atoms with Crippen molar-refractivity contribution in [3.63, 3.8) is 0 Å². The van der Waals surface area contributed by atoms with Crippen LogP contribution in [0.4, 0.5) is 0 Å². The Hall–Kier alpha value is -1.62. The van der Waals surface area contributed by atoms with E-state index >= 15 is 0 Å². The summed E-state index contributed by atoms with van der Waals surface area (Å²) < 4.78 is 33.5. The smallest absolute Gasteiger partial charge is 0.282 e. The summed E-state index contributed by atoms with van der Waals surface area (Å²) in [7, 11) is -0.390. The predicted molar refractivity (Wildman–Crippen MR) is 88.3 cm³/mol. The van der Waals surface area contributed by atoms with Crippen LogP contribution in [-0.2, 0) is 23.1 Å². The van der Waals surface area contributed by atoms with Gasteiger partial charge in [-0.1, -0.05) is 6.07 Å². The molecule has 1 atom stereocenters. The van der Waals surface area contributed by atoms with Gasteiger partial charge in [-0.3, -0.25) is 0 Å². The molecular weight excluding hydrogens is 314 g/mol. The lowest BCUT2D eigenvalue weighted by molar-refractivity contribution is 0.332. The van der Waals surface area contributed by atoms with E-state index in [4.69, 9.17) is 10.00 Å². The lowest BCUT2D eigenvalue weighted by Crippen LogP contribution is -2.46. The number of nitrogens with zero attached hydrogens (tertiary/aromatic N) is 3. The van der Waals surface area contributed by atoms with Crippen molar-refractivity contribution in [2.75, 3.05) is 27.2 Å². The van der Waals surface area contributed by atoms with Gasteiger partial charge in [-0.2, -0.15) is 22.3 Å². The molecule has 0 aliphatic carbocycles. The maximum Gasteiger partial charge on any atom is 0.282 e. The topological polar surface area (TPSA) is 73.6 Å². The molecule has 0 spiro atoms. The largest absolute Gasteiger partial charge is 0.497 e. The molecule has 7 heteroatoms. The second-order valence-electron chi connectivity index (χ2n) is 5.77. The number of rotatable bonds is 5. The Morgan fingerprint density at radius 3 is 2.61 bits per heavy atom. The van der Waals surface area contributed by atoms with Crippen LogP contribution in [0.25, 0.3) is 0 Å². The van der Waals surface area contributed by atoms with Crippen LogP contribution in [0.2, 0.25) is 0 Å². The van der Waals surface area contributed by atoms with Gasteiger partial charge >= 0.3 is 0 Å². The Morgan fingerprint density at radius 1 is 1.35 bits per heavy atom. The summed E-state index contributed by atoms with van der Waals surface area (Å²) in [6.07, 6.45) is 1.52. The molecule has 0 radical (unpaired) electrons. The predicted octanol–water partition coefficient (Wildman–Crippen LogP) is 1.57. The van der Waals surface area contributed by atoms with Gasteiger partial charge in [0.15, 0.2) is 0 Å². The van der Waals surface area contributed by atoms with Gasteiger partial charge in [0.05, 0.1) is 19.6 Å². The summed E-state index contributed by atoms with van der Waals surface area (Å²) >= 11 is 0. The minimum absolute atomic E-state index is 0.182. The first-order valence-corrected chi connectivity index (χ1v) is 9.05. The van der Waals surface area contributed by atoms with E-state index in [1.165, 1.54) is 8.61 Å². The van der Waals surface area contributed by atoms with Crippen LogP contribution in [0, 0.1) is 11.3 Å². The van der Waals surface area contributed by atoms with Crippen LogP contribution in [0.3, 0.4) is 0 Å². The second kappa shape index (κ2) is 7.30. The van der Waals surface area contributed by atoms with E-state index in [-0.39, 0.29) is 12.5 Å². The lowest BCUT2D eigenvalue weighted by atomic mass is 10.0. The summed E-state index contributed by atoms with van der Waals surface area (Å²) in [6.45, 7) is 2.63. The first-order valence-electron chi connectivity index (χ1n) is 7.66. The van der Waals surface area contributed by atoms with Crippen LogP contribution in [0.15, 0.2) is 18.2 Å². The number of hydrogen-bond donors (Lipinski definition) is 0. The van der Waals surface area contributed by atoms with Gasteiger partial charge in [0, 0.05) is 26.2 Å². The van der Waals surface area contributed by atoms with Gasteiger partial charge in [0.25, 0.3) is 10.2 Å². The molecule has 1 aromatic carbocycles. The van der Waals surface area contributed by atoms with Crippen molar-refractivity contribution in [3.05, 3.63) is 29.3 Å². The number of ether oxygens (including phenoxy) is 1. The quantitative estimate of drug-likeness (QED) is 0.817. The van der Waals surface area contributed by atoms with Crippen LogP contribution in [0.5, 0.6) is 5.75 Å². The molecule has 0 saturated carbocycles. The van der Waals surface area contributed by atoms with Crippen molar-refractivity contribution in [2.24, 2.45) is 0 Å². The molecule has 1 aliphatic rings. The molecule has 126 valence electrons. The van der Waals surface area contributed by atoms with Gasteiger partial charge in [0.1, 0.15) is 5.75 Å². The Kier molecular flexibility index (Phi) is 5.63. The molecule has 23 heavy (non-hydrogen) atoms. The number of fused-ring (bicyclic) bond motifs is 1. The number of benzene rings is 1. The van der Waals surface area contributed by atoms with Crippen molar-refractivity contribution in [1.29, 1.82) is 5.26 Å². The molecule has 0 saturated heterocycles. The van der Waals surface area contributed by atoms with Crippen molar-refractivity contribution in [3.8, 4) is 11.8 Å². The average molecular weight is 337 g/mol. The Balaban J connectivity index is 2.16. The zero-order valence-corrected chi connectivity index (χ0v) is 14.6. The molecule has 0 fully saturated rings. The molecule has 0 aromatic heterocycles. The van der Waals surface area contributed by atoms with E-state index in [1.54, 1.807) is 21.1 Å². The summed E-state index contributed by atoms with van der Waals surface area (Å²) in [6, 6.07) is 7.58. The minimum Gasteiger partial charge on any atom is -0.497 e. The Morgan fingerprint density at radius 2 is 2.00 bits per heavy atom. The van der Waals surface area contributed by atoms with E-state index in [2.05, 4.69) is 0 Å². The standard InChI is InChI=1S/C16H23N3O3S/c1-13(6-9-17)18(2)23(20,21)19-10-7-14-4-5-16(22-3)12-15(14)8-11-19/h4-5,12-13H,6-8,10-11H2,1-3H3. The van der Waals surface area contributed by atoms with E-state index in [9.17, 15) is 8.42 Å². The SMILES string of the molecule is COc1ccc2c(c1)CCN(S(=O)(=O)N(C)C(C)CC#N)CC2. The first-order chi connectivity index (χ1) is 10.9. The fourth-order valence-electron chi connectivity index (χ4n) is 2.71. The van der Waals surface area contributed by atoms with E-state index in [0.717, 1.165) is 16.9 Å². The normalized spacial score (nSPS) is 17.2. The van der Waals surface area contributed by atoms with Crippen molar-refractivity contribution >= 4 is 10.2 Å². The van der Waals surface area contributed by atoms with Crippen LogP contribution in [-0.4, -0.2) is 50.3 Å². The lowest BCUT2D eigenvalue weighted by Gasteiger charge is -2.29. The van der Waals surface area contributed by atoms with Gasteiger partial charge in [-0.25, -0.2) is 0 Å². The molecule has 6 nitrogen and oxygen atoms in total. The van der Waals surface area contributed by atoms with Gasteiger partial charge in [-0.15, -0.1) is 0 Å². The summed E-state index contributed by atoms with van der Waals surface area (Å²) in [4.78, 5) is 0. The summed E-state index contributed by atoms with van der Waals surface area (Å²) in [5.41, 5.74) is 2.30. The second-order valence-corrected chi connectivity index (χ2v) is 7.76. The van der Waals surface area contributed by atoms with Crippen LogP contribution in [0.1, 0.15) is 24.5 Å². The third-order valence-corrected chi connectivity index (χ3v) is 6.48. The highest BCUT2D eigenvalue weighted by molar-refractivity contribution is 7.86. The summed E-state index contributed by atoms with van der Waals surface area (Å²) in [5, 5.41) is 8.78. The third-order valence-electron chi connectivity index (χ3n) is 4.37. The van der Waals surface area contributed by atoms with Crippen LogP contribution < -0.4 is 4.74 Å². The highest BCUT2D eigenvalue weighted by Gasteiger charge is 2.31. The van der Waals surface area contributed by atoms with Crippen molar-refractivity contribution in [1.82, 2.24) is 8.61 Å². The summed E-state index contributed by atoms with van der Waals surface area (Å²) in [5.74, 6) is 0.791. The fraction of sp³-hybridized carbons (Fsp3) is 0.562. The number of methoxy groups -OCH3 is 1. The van der Waals surface area contributed by atoms with E-state index < -0.39 is 10.2 Å². The average Bonchev–Trinajstić information content (AvgIpc) is 2.76. The van der Waals surface area contributed by atoms with E-state index in [1.807, 2.05) is 24.3 Å². The maximum atomic E-state index is 12.7. The molecule has 2 rings (SSSR count). The monoisotopic (exact) mass is 337 g/mol. The van der Waals surface area contributed by atoms with Gasteiger partial charge in [-0.05, 0) is 43.0 Å². The zero-order valence-electron chi connectivity index (χ0n) is 13.8.